The van der Waals surface area contributed by atoms with Gasteiger partial charge in [0, 0.05) is 58.8 Å². The van der Waals surface area contributed by atoms with Crippen LogP contribution in [0, 0.1) is 17.8 Å². The Balaban J connectivity index is 2.78. The predicted molar refractivity (Wildman–Crippen MR) is 147 cm³/mol. The lowest BCUT2D eigenvalue weighted by atomic mass is 9.96. The number of aliphatic carboxylic acids is 3. The molecule has 1 aliphatic rings. The highest BCUT2D eigenvalue weighted by molar-refractivity contribution is 5.77. The van der Waals surface area contributed by atoms with Gasteiger partial charge in [0.25, 0.3) is 0 Å². The van der Waals surface area contributed by atoms with E-state index in [0.717, 1.165) is 0 Å². The second kappa shape index (κ2) is 19.5. The largest absolute Gasteiger partial charge is 0.480 e. The molecule has 41 heavy (non-hydrogen) atoms. The Kier molecular flexibility index (Phi) is 16.9. The molecule has 1 unspecified atom stereocenters. The number of hydrogen-bond donors (Lipinski definition) is 3. The number of methoxy groups -OCH3 is 1. The van der Waals surface area contributed by atoms with E-state index >= 15 is 0 Å². The lowest BCUT2D eigenvalue weighted by Gasteiger charge is -2.32. The van der Waals surface area contributed by atoms with Crippen LogP contribution >= 0.6 is 0 Å². The first-order valence-corrected chi connectivity index (χ1v) is 13.3. The van der Waals surface area contributed by atoms with E-state index in [-0.39, 0.29) is 45.6 Å². The molecular formula is C27H42N4O10. The van der Waals surface area contributed by atoms with Gasteiger partial charge in [0.2, 0.25) is 0 Å². The Morgan fingerprint density at radius 2 is 1.17 bits per heavy atom. The van der Waals surface area contributed by atoms with Crippen molar-refractivity contribution in [3.05, 3.63) is 12.2 Å². The van der Waals surface area contributed by atoms with Crippen molar-refractivity contribution >= 4 is 29.8 Å². The van der Waals surface area contributed by atoms with Crippen LogP contribution in [0.15, 0.2) is 12.2 Å². The maximum atomic E-state index is 12.1. The molecule has 1 aliphatic heterocycles. The highest BCUT2D eigenvalue weighted by Gasteiger charge is 2.22. The van der Waals surface area contributed by atoms with Gasteiger partial charge in [-0.05, 0) is 13.3 Å². The minimum absolute atomic E-state index is 0.00312. The van der Waals surface area contributed by atoms with Gasteiger partial charge in [0.15, 0.2) is 6.61 Å². The van der Waals surface area contributed by atoms with E-state index in [1.165, 1.54) is 7.11 Å². The molecule has 1 fully saturated rings. The topological polar surface area (TPSA) is 177 Å². The zero-order chi connectivity index (χ0) is 30.8. The van der Waals surface area contributed by atoms with Crippen molar-refractivity contribution in [2.24, 2.45) is 5.92 Å². The van der Waals surface area contributed by atoms with E-state index in [1.807, 2.05) is 4.90 Å². The molecule has 3 N–H and O–H groups in total. The van der Waals surface area contributed by atoms with E-state index in [2.05, 4.69) is 18.4 Å². The minimum Gasteiger partial charge on any atom is -0.480 e. The first-order valence-electron chi connectivity index (χ1n) is 13.3. The lowest BCUT2D eigenvalue weighted by molar-refractivity contribution is -0.146. The molecule has 14 nitrogen and oxygen atoms in total. The maximum absolute atomic E-state index is 12.1. The molecule has 0 amide bonds. The van der Waals surface area contributed by atoms with Crippen molar-refractivity contribution in [3.8, 4) is 11.8 Å². The summed E-state index contributed by atoms with van der Waals surface area (Å²) in [5.74, 6) is 1.16. The standard InChI is InChI=1S/C27H42N4O10/c1-21(2)22(27(39)40-3)6-7-26(38)41-17-5-4-8-28-9-11-29(18-23(32)33)13-15-31(20-25(36)37)16-14-30(12-10-28)19-24(34)35/h22H,1,6-20H2,2-3H3,(H,32,33)(H,34,35)(H,36,37). The van der Waals surface area contributed by atoms with Crippen molar-refractivity contribution in [3.63, 3.8) is 0 Å². The maximum Gasteiger partial charge on any atom is 0.317 e. The summed E-state index contributed by atoms with van der Waals surface area (Å²) in [4.78, 5) is 65.0. The molecule has 14 heteroatoms. The average Bonchev–Trinajstić information content (AvgIpc) is 2.88. The lowest BCUT2D eigenvalue weighted by Crippen LogP contribution is -2.48. The normalized spacial score (nSPS) is 17.1. The Morgan fingerprint density at radius 3 is 1.54 bits per heavy atom. The predicted octanol–water partition coefficient (Wildman–Crippen LogP) is -0.846. The van der Waals surface area contributed by atoms with Crippen LogP contribution in [-0.2, 0) is 33.4 Å². The third kappa shape index (κ3) is 16.4. The first-order chi connectivity index (χ1) is 19.4. The van der Waals surface area contributed by atoms with Gasteiger partial charge in [0.05, 0.1) is 39.2 Å². The summed E-state index contributed by atoms with van der Waals surface area (Å²) in [5, 5.41) is 27.9. The molecule has 1 atom stereocenters. The SMILES string of the molecule is C=C(C)C(CCC(=O)OCC#CCN1CCN(CC(=O)O)CCN(CC(=O)O)CCN(CC(=O)O)CC1)C(=O)OC. The molecule has 0 spiro atoms. The van der Waals surface area contributed by atoms with Crippen LogP contribution in [-0.4, -0.2) is 157 Å². The summed E-state index contributed by atoms with van der Waals surface area (Å²) in [6, 6.07) is 0. The molecule has 1 saturated heterocycles. The molecule has 0 aromatic carbocycles. The van der Waals surface area contributed by atoms with Crippen LogP contribution in [0.1, 0.15) is 19.8 Å². The summed E-state index contributed by atoms with van der Waals surface area (Å²) < 4.78 is 9.86. The zero-order valence-electron chi connectivity index (χ0n) is 23.9. The van der Waals surface area contributed by atoms with Gasteiger partial charge in [0.1, 0.15) is 0 Å². The van der Waals surface area contributed by atoms with Crippen LogP contribution in [0.25, 0.3) is 0 Å². The van der Waals surface area contributed by atoms with Crippen molar-refractivity contribution in [2.75, 3.05) is 92.3 Å². The molecule has 0 aromatic heterocycles. The van der Waals surface area contributed by atoms with E-state index in [4.69, 9.17) is 9.47 Å². The highest BCUT2D eigenvalue weighted by Crippen LogP contribution is 2.17. The summed E-state index contributed by atoms with van der Waals surface area (Å²) in [5.41, 5.74) is 0.594. The van der Waals surface area contributed by atoms with Gasteiger partial charge in [-0.3, -0.25) is 43.6 Å². The van der Waals surface area contributed by atoms with Crippen LogP contribution < -0.4 is 0 Å². The van der Waals surface area contributed by atoms with Crippen molar-refractivity contribution in [1.82, 2.24) is 19.6 Å². The second-order valence-corrected chi connectivity index (χ2v) is 9.76. The van der Waals surface area contributed by atoms with E-state index in [1.54, 1.807) is 21.6 Å². The number of ether oxygens (including phenoxy) is 2. The summed E-state index contributed by atoms with van der Waals surface area (Å²) in [6.45, 7) is 7.88. The summed E-state index contributed by atoms with van der Waals surface area (Å²) >= 11 is 0. The van der Waals surface area contributed by atoms with Crippen LogP contribution in [0.2, 0.25) is 0 Å². The molecule has 0 bridgehead atoms. The third-order valence-corrected chi connectivity index (χ3v) is 6.46. The number of carboxylic acid groups (broad SMARTS) is 3. The molecule has 0 aliphatic carbocycles. The highest BCUT2D eigenvalue weighted by atomic mass is 16.5. The van der Waals surface area contributed by atoms with Gasteiger partial charge >= 0.3 is 29.8 Å². The van der Waals surface area contributed by atoms with E-state index in [0.29, 0.717) is 57.9 Å². The fourth-order valence-corrected chi connectivity index (χ4v) is 4.16. The Hall–Kier alpha value is -3.51. The van der Waals surface area contributed by atoms with E-state index in [9.17, 15) is 39.3 Å². The van der Waals surface area contributed by atoms with Crippen molar-refractivity contribution < 1.29 is 48.8 Å². The van der Waals surface area contributed by atoms with Crippen LogP contribution in [0.3, 0.4) is 0 Å². The smallest absolute Gasteiger partial charge is 0.317 e. The number of nitrogens with zero attached hydrogens (tertiary/aromatic N) is 4. The van der Waals surface area contributed by atoms with Gasteiger partial charge < -0.3 is 24.8 Å². The first kappa shape index (κ1) is 35.5. The Morgan fingerprint density at radius 1 is 0.756 bits per heavy atom. The Labute approximate surface area is 240 Å². The molecular weight excluding hydrogens is 540 g/mol. The van der Waals surface area contributed by atoms with Gasteiger partial charge in [-0.15, -0.1) is 0 Å². The third-order valence-electron chi connectivity index (χ3n) is 6.46. The molecule has 0 aromatic rings. The minimum atomic E-state index is -1.01. The van der Waals surface area contributed by atoms with Crippen molar-refractivity contribution in [2.45, 2.75) is 19.8 Å². The van der Waals surface area contributed by atoms with Crippen molar-refractivity contribution in [1.29, 1.82) is 0 Å². The van der Waals surface area contributed by atoms with Gasteiger partial charge in [-0.2, -0.15) is 0 Å². The number of esters is 2. The zero-order valence-corrected chi connectivity index (χ0v) is 23.9. The molecule has 0 radical (unpaired) electrons. The number of rotatable bonds is 13. The van der Waals surface area contributed by atoms with E-state index < -0.39 is 35.8 Å². The molecule has 230 valence electrons. The second-order valence-electron chi connectivity index (χ2n) is 9.76. The van der Waals surface area contributed by atoms with Crippen LogP contribution in [0.5, 0.6) is 0 Å². The fraction of sp³-hybridized carbons (Fsp3) is 0.667. The summed E-state index contributed by atoms with van der Waals surface area (Å²) in [7, 11) is 1.27. The number of carbonyl (C=O) groups excluding carboxylic acids is 2. The quantitative estimate of drug-likeness (QED) is 0.139. The number of hydrogen-bond acceptors (Lipinski definition) is 11. The monoisotopic (exact) mass is 582 g/mol. The molecule has 1 heterocycles. The fourth-order valence-electron chi connectivity index (χ4n) is 4.16. The number of carbonyl (C=O) groups is 5. The number of carboxylic acids is 3. The van der Waals surface area contributed by atoms with Gasteiger partial charge in [-0.1, -0.05) is 24.0 Å². The Bertz CT molecular complexity index is 945. The molecule has 0 saturated carbocycles. The average molecular weight is 583 g/mol. The van der Waals surface area contributed by atoms with Gasteiger partial charge in [-0.25, -0.2) is 0 Å². The molecule has 1 rings (SSSR count). The van der Waals surface area contributed by atoms with Crippen LogP contribution in [0.4, 0.5) is 0 Å². The summed E-state index contributed by atoms with van der Waals surface area (Å²) in [6.07, 6.45) is 0.221.